The molecule has 0 unspecified atom stereocenters. The van der Waals surface area contributed by atoms with Crippen LogP contribution in [-0.4, -0.2) is 32.6 Å². The van der Waals surface area contributed by atoms with Crippen LogP contribution in [0.3, 0.4) is 0 Å². The molecule has 0 aliphatic heterocycles. The van der Waals surface area contributed by atoms with Crippen LogP contribution in [0.5, 0.6) is 0 Å². The van der Waals surface area contributed by atoms with Gasteiger partial charge in [-0.2, -0.15) is 5.10 Å². The minimum atomic E-state index is -0.193. The maximum atomic E-state index is 12.6. The molecule has 158 valence electrons. The average Bonchev–Trinajstić information content (AvgIpc) is 3.47. The van der Waals surface area contributed by atoms with E-state index >= 15 is 0 Å². The monoisotopic (exact) mass is 443 g/mol. The zero-order chi connectivity index (χ0) is 21.9. The first-order valence-corrected chi connectivity index (χ1v) is 10.4. The van der Waals surface area contributed by atoms with E-state index in [2.05, 4.69) is 25.5 Å². The fourth-order valence-corrected chi connectivity index (χ4v) is 3.43. The van der Waals surface area contributed by atoms with E-state index in [1.807, 2.05) is 42.5 Å². The molecule has 0 bridgehead atoms. The van der Waals surface area contributed by atoms with Crippen LogP contribution < -0.4 is 5.32 Å². The van der Waals surface area contributed by atoms with Crippen LogP contribution in [0.15, 0.2) is 77.2 Å². The van der Waals surface area contributed by atoms with E-state index in [9.17, 15) is 4.79 Å². The molecule has 0 saturated heterocycles. The number of halogens is 1. The number of oxazole rings is 1. The summed E-state index contributed by atoms with van der Waals surface area (Å²) in [4.78, 5) is 21.5. The van der Waals surface area contributed by atoms with E-state index in [1.165, 1.54) is 0 Å². The molecule has 32 heavy (non-hydrogen) atoms. The summed E-state index contributed by atoms with van der Waals surface area (Å²) in [5, 5.41) is 10.7. The lowest BCUT2D eigenvalue weighted by molar-refractivity contribution is 0.0954. The van der Waals surface area contributed by atoms with Crippen molar-refractivity contribution in [2.24, 2.45) is 0 Å². The number of aromatic nitrogens is 4. The molecule has 0 aliphatic carbocycles. The lowest BCUT2D eigenvalue weighted by Gasteiger charge is -2.03. The van der Waals surface area contributed by atoms with Crippen LogP contribution >= 0.6 is 11.6 Å². The third-order valence-electron chi connectivity index (χ3n) is 4.95. The standard InChI is InChI=1S/C24H18ClN5O2/c25-18-9-6-15(7-10-18)22-28-21(29-30-22)12-13-26-23(31)17-8-11-19-20(14-17)32-24(27-19)16-4-2-1-3-5-16/h1-11,14H,12-13H2,(H,26,31)(H,28,29,30). The summed E-state index contributed by atoms with van der Waals surface area (Å²) >= 11 is 5.92. The number of rotatable bonds is 6. The maximum absolute atomic E-state index is 12.6. The number of H-pyrrole nitrogens is 1. The molecule has 8 heteroatoms. The second-order valence-electron chi connectivity index (χ2n) is 7.19. The number of nitrogens with zero attached hydrogens (tertiary/aromatic N) is 3. The first kappa shape index (κ1) is 20.0. The Bertz CT molecular complexity index is 1380. The Labute approximate surface area is 188 Å². The number of amides is 1. The molecule has 0 fully saturated rings. The fraction of sp³-hybridized carbons (Fsp3) is 0.0833. The minimum Gasteiger partial charge on any atom is -0.436 e. The van der Waals surface area contributed by atoms with Crippen molar-refractivity contribution >= 4 is 28.6 Å². The number of aromatic amines is 1. The van der Waals surface area contributed by atoms with Gasteiger partial charge in [0.25, 0.3) is 5.91 Å². The highest BCUT2D eigenvalue weighted by molar-refractivity contribution is 6.30. The lowest BCUT2D eigenvalue weighted by Crippen LogP contribution is -2.25. The van der Waals surface area contributed by atoms with Crippen molar-refractivity contribution in [3.8, 4) is 22.8 Å². The summed E-state index contributed by atoms with van der Waals surface area (Å²) in [5.41, 5.74) is 3.54. The van der Waals surface area contributed by atoms with Gasteiger partial charge in [0, 0.05) is 34.7 Å². The van der Waals surface area contributed by atoms with E-state index < -0.39 is 0 Å². The van der Waals surface area contributed by atoms with E-state index in [0.717, 1.165) is 11.1 Å². The van der Waals surface area contributed by atoms with Gasteiger partial charge in [0.2, 0.25) is 5.89 Å². The quantitative estimate of drug-likeness (QED) is 0.389. The van der Waals surface area contributed by atoms with E-state index in [1.54, 1.807) is 30.3 Å². The topological polar surface area (TPSA) is 96.7 Å². The first-order chi connectivity index (χ1) is 15.7. The summed E-state index contributed by atoms with van der Waals surface area (Å²) in [6, 6.07) is 22.2. The molecule has 5 aromatic rings. The van der Waals surface area contributed by atoms with E-state index in [0.29, 0.717) is 52.2 Å². The Kier molecular flexibility index (Phi) is 5.39. The van der Waals surface area contributed by atoms with Gasteiger partial charge in [0.05, 0.1) is 0 Å². The smallest absolute Gasteiger partial charge is 0.251 e. The molecule has 0 saturated carbocycles. The third kappa shape index (κ3) is 4.24. The molecule has 0 radical (unpaired) electrons. The fourth-order valence-electron chi connectivity index (χ4n) is 3.30. The summed E-state index contributed by atoms with van der Waals surface area (Å²) in [6.45, 7) is 0.414. The lowest BCUT2D eigenvalue weighted by atomic mass is 10.2. The Balaban J connectivity index is 1.22. The Hall–Kier alpha value is -3.97. The molecule has 7 nitrogen and oxygen atoms in total. The minimum absolute atomic E-state index is 0.193. The maximum Gasteiger partial charge on any atom is 0.251 e. The normalized spacial score (nSPS) is 11.0. The average molecular weight is 444 g/mol. The SMILES string of the molecule is O=C(NCCc1nc(-c2ccc(Cl)cc2)n[nH]1)c1ccc2nc(-c3ccccc3)oc2c1. The molecule has 0 spiro atoms. The predicted octanol–water partition coefficient (Wildman–Crippen LogP) is 4.91. The van der Waals surface area contributed by atoms with Crippen molar-refractivity contribution in [2.75, 3.05) is 6.54 Å². The zero-order valence-corrected chi connectivity index (χ0v) is 17.6. The summed E-state index contributed by atoms with van der Waals surface area (Å²) in [7, 11) is 0. The highest BCUT2D eigenvalue weighted by atomic mass is 35.5. The van der Waals surface area contributed by atoms with Gasteiger partial charge in [-0.05, 0) is 54.6 Å². The van der Waals surface area contributed by atoms with Gasteiger partial charge in [-0.25, -0.2) is 9.97 Å². The molecule has 5 rings (SSSR count). The zero-order valence-electron chi connectivity index (χ0n) is 16.9. The molecule has 3 aromatic carbocycles. The van der Waals surface area contributed by atoms with Gasteiger partial charge >= 0.3 is 0 Å². The molecule has 2 N–H and O–H groups in total. The Morgan fingerprint density at radius 3 is 2.59 bits per heavy atom. The highest BCUT2D eigenvalue weighted by Crippen LogP contribution is 2.24. The number of hydrogen-bond donors (Lipinski definition) is 2. The van der Waals surface area contributed by atoms with E-state index in [4.69, 9.17) is 16.0 Å². The largest absolute Gasteiger partial charge is 0.436 e. The third-order valence-corrected chi connectivity index (χ3v) is 5.20. The van der Waals surface area contributed by atoms with Crippen LogP contribution in [0.4, 0.5) is 0 Å². The van der Waals surface area contributed by atoms with Gasteiger partial charge in [-0.15, -0.1) is 0 Å². The summed E-state index contributed by atoms with van der Waals surface area (Å²) in [5.74, 6) is 1.61. The predicted molar refractivity (Wildman–Crippen MR) is 122 cm³/mol. The molecule has 2 aromatic heterocycles. The number of fused-ring (bicyclic) bond motifs is 1. The van der Waals surface area contributed by atoms with Gasteiger partial charge < -0.3 is 9.73 Å². The Morgan fingerprint density at radius 1 is 0.969 bits per heavy atom. The number of nitrogens with one attached hydrogen (secondary N) is 2. The van der Waals surface area contributed by atoms with Crippen molar-refractivity contribution in [2.45, 2.75) is 6.42 Å². The van der Waals surface area contributed by atoms with Gasteiger partial charge in [-0.3, -0.25) is 9.89 Å². The summed E-state index contributed by atoms with van der Waals surface area (Å²) < 4.78 is 5.85. The van der Waals surface area contributed by atoms with Crippen molar-refractivity contribution < 1.29 is 9.21 Å². The van der Waals surface area contributed by atoms with Crippen molar-refractivity contribution in [1.29, 1.82) is 0 Å². The van der Waals surface area contributed by atoms with Crippen LogP contribution in [0.1, 0.15) is 16.2 Å². The van der Waals surface area contributed by atoms with Crippen LogP contribution in [0, 0.1) is 0 Å². The summed E-state index contributed by atoms with van der Waals surface area (Å²) in [6.07, 6.45) is 0.523. The Morgan fingerprint density at radius 2 is 1.78 bits per heavy atom. The van der Waals surface area contributed by atoms with Crippen LogP contribution in [0.25, 0.3) is 33.9 Å². The molecule has 1 amide bonds. The van der Waals surface area contributed by atoms with E-state index in [-0.39, 0.29) is 5.91 Å². The van der Waals surface area contributed by atoms with Gasteiger partial charge in [-0.1, -0.05) is 29.8 Å². The van der Waals surface area contributed by atoms with Crippen LogP contribution in [0.2, 0.25) is 5.02 Å². The second kappa shape index (κ2) is 8.64. The molecular weight excluding hydrogens is 426 g/mol. The molecule has 0 aliphatic rings. The van der Waals surface area contributed by atoms with Crippen molar-refractivity contribution in [3.63, 3.8) is 0 Å². The number of carbonyl (C=O) groups excluding carboxylic acids is 1. The highest BCUT2D eigenvalue weighted by Gasteiger charge is 2.12. The molecular formula is C24H18ClN5O2. The number of benzene rings is 3. The van der Waals surface area contributed by atoms with Gasteiger partial charge in [0.15, 0.2) is 11.4 Å². The van der Waals surface area contributed by atoms with Gasteiger partial charge in [0.1, 0.15) is 11.3 Å². The van der Waals surface area contributed by atoms with Crippen molar-refractivity contribution in [3.05, 3.63) is 89.2 Å². The van der Waals surface area contributed by atoms with Crippen LogP contribution in [-0.2, 0) is 6.42 Å². The number of carbonyl (C=O) groups is 1. The first-order valence-electron chi connectivity index (χ1n) is 10.1. The second-order valence-corrected chi connectivity index (χ2v) is 7.62. The number of hydrogen-bond acceptors (Lipinski definition) is 5. The van der Waals surface area contributed by atoms with Crippen molar-refractivity contribution in [1.82, 2.24) is 25.5 Å². The molecule has 0 atom stereocenters. The molecule has 2 heterocycles.